The van der Waals surface area contributed by atoms with Gasteiger partial charge in [0.25, 0.3) is 11.4 Å². The largest absolute Gasteiger partial charge is 0.415 e. The van der Waals surface area contributed by atoms with Gasteiger partial charge < -0.3 is 4.42 Å². The van der Waals surface area contributed by atoms with Gasteiger partial charge in [-0.25, -0.2) is 4.68 Å². The Hall–Kier alpha value is -2.76. The lowest BCUT2D eigenvalue weighted by Crippen LogP contribution is -2.20. The monoisotopic (exact) mass is 324 g/mol. The highest BCUT2D eigenvalue weighted by Crippen LogP contribution is 2.28. The molecule has 0 bridgehead atoms. The Labute approximate surface area is 139 Å². The number of aryl methyl sites for hydroxylation is 1. The number of aromatic nitrogens is 4. The third-order valence-electron chi connectivity index (χ3n) is 4.12. The molecule has 0 aliphatic carbocycles. The molecular formula is C18H20N4O2. The quantitative estimate of drug-likeness (QED) is 0.722. The summed E-state index contributed by atoms with van der Waals surface area (Å²) in [7, 11) is 1.61. The molecule has 0 amide bonds. The van der Waals surface area contributed by atoms with E-state index in [1.807, 2.05) is 31.2 Å². The van der Waals surface area contributed by atoms with Crippen LogP contribution in [0.5, 0.6) is 0 Å². The van der Waals surface area contributed by atoms with Gasteiger partial charge in [-0.15, -0.1) is 10.2 Å². The highest BCUT2D eigenvalue weighted by atomic mass is 16.4. The Morgan fingerprint density at radius 2 is 1.83 bits per heavy atom. The van der Waals surface area contributed by atoms with Crippen molar-refractivity contribution < 1.29 is 4.42 Å². The van der Waals surface area contributed by atoms with E-state index in [-0.39, 0.29) is 11.0 Å². The molecule has 0 saturated carbocycles. The molecule has 6 heteroatoms. The SMILES string of the molecule is CC(=Cc1nnc(-c2nn(C)c(=O)c3ccccc23)o1)C(C)(C)C. The molecule has 0 saturated heterocycles. The second-order valence-corrected chi connectivity index (χ2v) is 6.85. The molecule has 0 aliphatic heterocycles. The summed E-state index contributed by atoms with van der Waals surface area (Å²) >= 11 is 0. The summed E-state index contributed by atoms with van der Waals surface area (Å²) in [5.41, 5.74) is 1.51. The molecule has 0 atom stereocenters. The number of hydrogen-bond acceptors (Lipinski definition) is 5. The lowest BCUT2D eigenvalue weighted by atomic mass is 9.87. The van der Waals surface area contributed by atoms with Crippen molar-refractivity contribution in [2.45, 2.75) is 27.7 Å². The molecule has 24 heavy (non-hydrogen) atoms. The Bertz CT molecular complexity index is 990. The maximum Gasteiger partial charge on any atom is 0.274 e. The number of benzene rings is 1. The molecule has 2 aromatic heterocycles. The first-order valence-electron chi connectivity index (χ1n) is 7.76. The minimum atomic E-state index is -0.155. The topological polar surface area (TPSA) is 73.8 Å². The maximum absolute atomic E-state index is 12.2. The molecule has 0 radical (unpaired) electrons. The molecule has 6 nitrogen and oxygen atoms in total. The average molecular weight is 324 g/mol. The van der Waals surface area contributed by atoms with Crippen LogP contribution in [0.15, 0.2) is 39.1 Å². The molecule has 3 aromatic rings. The number of hydrogen-bond donors (Lipinski definition) is 0. The molecule has 0 N–H and O–H groups in total. The van der Waals surface area contributed by atoms with Gasteiger partial charge >= 0.3 is 0 Å². The van der Waals surface area contributed by atoms with Crippen LogP contribution >= 0.6 is 0 Å². The van der Waals surface area contributed by atoms with E-state index in [1.165, 1.54) is 4.68 Å². The van der Waals surface area contributed by atoms with Crippen molar-refractivity contribution in [3.63, 3.8) is 0 Å². The fourth-order valence-electron chi connectivity index (χ4n) is 2.25. The van der Waals surface area contributed by atoms with Crippen LogP contribution in [0.4, 0.5) is 0 Å². The Morgan fingerprint density at radius 1 is 1.17 bits per heavy atom. The Morgan fingerprint density at radius 3 is 2.50 bits per heavy atom. The Kier molecular flexibility index (Phi) is 3.83. The minimum Gasteiger partial charge on any atom is -0.415 e. The van der Waals surface area contributed by atoms with Gasteiger partial charge in [0.2, 0.25) is 5.89 Å². The van der Waals surface area contributed by atoms with Crippen molar-refractivity contribution in [2.75, 3.05) is 0 Å². The molecule has 124 valence electrons. The first-order valence-corrected chi connectivity index (χ1v) is 7.76. The molecule has 0 fully saturated rings. The molecule has 3 rings (SSSR count). The summed E-state index contributed by atoms with van der Waals surface area (Å²) in [5, 5.41) is 13.8. The van der Waals surface area contributed by atoms with E-state index in [2.05, 4.69) is 36.1 Å². The van der Waals surface area contributed by atoms with Gasteiger partial charge in [0.15, 0.2) is 5.69 Å². The normalized spacial score (nSPS) is 12.8. The number of rotatable bonds is 2. The third kappa shape index (κ3) is 2.87. The van der Waals surface area contributed by atoms with E-state index in [9.17, 15) is 4.79 Å². The first-order chi connectivity index (χ1) is 11.3. The van der Waals surface area contributed by atoms with Crippen LogP contribution in [-0.2, 0) is 7.05 Å². The predicted molar refractivity (Wildman–Crippen MR) is 93.4 cm³/mol. The molecule has 1 aromatic carbocycles. The second kappa shape index (κ2) is 5.70. The summed E-state index contributed by atoms with van der Waals surface area (Å²) in [5.74, 6) is 0.729. The fourth-order valence-corrected chi connectivity index (χ4v) is 2.25. The lowest BCUT2D eigenvalue weighted by Gasteiger charge is -2.18. The minimum absolute atomic E-state index is 0.0240. The van der Waals surface area contributed by atoms with Gasteiger partial charge in [0.1, 0.15) is 0 Å². The van der Waals surface area contributed by atoms with E-state index in [0.717, 1.165) is 5.57 Å². The second-order valence-electron chi connectivity index (χ2n) is 6.85. The standard InChI is InChI=1S/C18H20N4O2/c1-11(18(2,3)4)10-14-19-20-16(24-14)15-12-8-6-7-9-13(12)17(23)22(5)21-15/h6-10H,1-5H3. The van der Waals surface area contributed by atoms with Gasteiger partial charge in [-0.3, -0.25) is 4.79 Å². The Balaban J connectivity index is 2.14. The number of allylic oxidation sites excluding steroid dienone is 1. The van der Waals surface area contributed by atoms with Crippen molar-refractivity contribution in [1.82, 2.24) is 20.0 Å². The van der Waals surface area contributed by atoms with Crippen molar-refractivity contribution in [1.29, 1.82) is 0 Å². The van der Waals surface area contributed by atoms with Gasteiger partial charge in [0.05, 0.1) is 5.39 Å². The first kappa shape index (κ1) is 16.1. The van der Waals surface area contributed by atoms with Gasteiger partial charge in [-0.2, -0.15) is 5.10 Å². The summed E-state index contributed by atoms with van der Waals surface area (Å²) in [4.78, 5) is 12.2. The van der Waals surface area contributed by atoms with Crippen LogP contribution < -0.4 is 5.56 Å². The lowest BCUT2D eigenvalue weighted by molar-refractivity contribution is 0.502. The van der Waals surface area contributed by atoms with E-state index in [4.69, 9.17) is 4.42 Å². The van der Waals surface area contributed by atoms with Crippen LogP contribution in [0.2, 0.25) is 0 Å². The van der Waals surface area contributed by atoms with E-state index in [0.29, 0.717) is 28.2 Å². The summed E-state index contributed by atoms with van der Waals surface area (Å²) in [6, 6.07) is 7.28. The van der Waals surface area contributed by atoms with Crippen molar-refractivity contribution in [3.05, 3.63) is 46.1 Å². The van der Waals surface area contributed by atoms with E-state index in [1.54, 1.807) is 13.1 Å². The zero-order valence-corrected chi connectivity index (χ0v) is 14.5. The molecule has 0 aliphatic rings. The average Bonchev–Trinajstić information content (AvgIpc) is 2.98. The zero-order chi connectivity index (χ0) is 17.5. The molecule has 0 spiro atoms. The summed E-state index contributed by atoms with van der Waals surface area (Å²) in [6.07, 6.45) is 1.88. The van der Waals surface area contributed by atoms with Crippen molar-refractivity contribution >= 4 is 16.8 Å². The number of nitrogens with zero attached hydrogens (tertiary/aromatic N) is 4. The van der Waals surface area contributed by atoms with Crippen LogP contribution in [0.3, 0.4) is 0 Å². The fraction of sp³-hybridized carbons (Fsp3) is 0.333. The molecule has 2 heterocycles. The zero-order valence-electron chi connectivity index (χ0n) is 14.5. The van der Waals surface area contributed by atoms with E-state index >= 15 is 0 Å². The number of fused-ring (bicyclic) bond motifs is 1. The predicted octanol–water partition coefficient (Wildman–Crippen LogP) is 3.43. The van der Waals surface area contributed by atoms with Crippen LogP contribution in [0.1, 0.15) is 33.6 Å². The molecule has 0 unspecified atom stereocenters. The van der Waals surface area contributed by atoms with Crippen LogP contribution in [0, 0.1) is 5.41 Å². The highest BCUT2D eigenvalue weighted by Gasteiger charge is 2.17. The van der Waals surface area contributed by atoms with Gasteiger partial charge in [-0.1, -0.05) is 44.5 Å². The highest BCUT2D eigenvalue weighted by molar-refractivity contribution is 5.91. The van der Waals surface area contributed by atoms with Crippen molar-refractivity contribution in [3.8, 4) is 11.6 Å². The van der Waals surface area contributed by atoms with E-state index < -0.39 is 0 Å². The van der Waals surface area contributed by atoms with Crippen LogP contribution in [0.25, 0.3) is 28.4 Å². The smallest absolute Gasteiger partial charge is 0.274 e. The van der Waals surface area contributed by atoms with Crippen molar-refractivity contribution in [2.24, 2.45) is 12.5 Å². The van der Waals surface area contributed by atoms with Gasteiger partial charge in [0, 0.05) is 18.5 Å². The molecular weight excluding hydrogens is 304 g/mol. The third-order valence-corrected chi connectivity index (χ3v) is 4.12. The van der Waals surface area contributed by atoms with Crippen LogP contribution in [-0.4, -0.2) is 20.0 Å². The van der Waals surface area contributed by atoms with Gasteiger partial charge in [-0.05, 0) is 18.4 Å². The maximum atomic E-state index is 12.2. The summed E-state index contributed by atoms with van der Waals surface area (Å²) < 4.78 is 7.05. The summed E-state index contributed by atoms with van der Waals surface area (Å²) in [6.45, 7) is 8.40.